The summed E-state index contributed by atoms with van der Waals surface area (Å²) in [6, 6.07) is 23.1. The van der Waals surface area contributed by atoms with Gasteiger partial charge in [0.2, 0.25) is 9.84 Å². The number of thiophene rings is 1. The summed E-state index contributed by atoms with van der Waals surface area (Å²) in [6.45, 7) is 0. The molecule has 2 aromatic heterocycles. The zero-order chi connectivity index (χ0) is 20.3. The lowest BCUT2D eigenvalue weighted by Gasteiger charge is -2.02. The van der Waals surface area contributed by atoms with Crippen LogP contribution in [0.4, 0.5) is 0 Å². The van der Waals surface area contributed by atoms with Crippen LogP contribution >= 0.6 is 11.3 Å². The molecule has 0 saturated carbocycles. The molecule has 0 aliphatic rings. The van der Waals surface area contributed by atoms with Gasteiger partial charge < -0.3 is 0 Å². The highest BCUT2D eigenvalue weighted by Gasteiger charge is 2.22. The van der Waals surface area contributed by atoms with Crippen molar-refractivity contribution in [2.24, 2.45) is 0 Å². The van der Waals surface area contributed by atoms with E-state index in [1.54, 1.807) is 29.1 Å². The van der Waals surface area contributed by atoms with E-state index in [0.29, 0.717) is 11.3 Å². The van der Waals surface area contributed by atoms with Crippen LogP contribution in [-0.4, -0.2) is 18.2 Å². The SMILES string of the molecule is N#CC(=Cc1cn(-c2ccccc2)nc1-c1cccs1)S(=O)(=O)c1ccccc1. The summed E-state index contributed by atoms with van der Waals surface area (Å²) in [7, 11) is -3.92. The Morgan fingerprint density at radius 1 is 1.00 bits per heavy atom. The molecule has 7 heteroatoms. The van der Waals surface area contributed by atoms with Crippen LogP contribution < -0.4 is 0 Å². The molecule has 29 heavy (non-hydrogen) atoms. The molecule has 0 bridgehead atoms. The molecule has 0 saturated heterocycles. The fourth-order valence-corrected chi connectivity index (χ4v) is 4.75. The Morgan fingerprint density at radius 2 is 1.69 bits per heavy atom. The van der Waals surface area contributed by atoms with Gasteiger partial charge in [-0.15, -0.1) is 11.3 Å². The Kier molecular flexibility index (Phi) is 5.12. The van der Waals surface area contributed by atoms with Gasteiger partial charge in [-0.05, 0) is 41.8 Å². The largest absolute Gasteiger partial charge is 0.240 e. The van der Waals surface area contributed by atoms with Crippen molar-refractivity contribution < 1.29 is 8.42 Å². The highest BCUT2D eigenvalue weighted by Crippen LogP contribution is 2.30. The third-order valence-electron chi connectivity index (χ3n) is 4.26. The van der Waals surface area contributed by atoms with Crippen LogP contribution in [0.1, 0.15) is 5.56 Å². The number of nitriles is 1. The first kappa shape index (κ1) is 18.9. The second kappa shape index (κ2) is 7.87. The summed E-state index contributed by atoms with van der Waals surface area (Å²) in [5.74, 6) is 0. The maximum atomic E-state index is 12.9. The van der Waals surface area contributed by atoms with Crippen LogP contribution in [-0.2, 0) is 9.84 Å². The number of rotatable bonds is 5. The van der Waals surface area contributed by atoms with E-state index in [4.69, 9.17) is 0 Å². The van der Waals surface area contributed by atoms with E-state index in [-0.39, 0.29) is 9.80 Å². The van der Waals surface area contributed by atoms with Gasteiger partial charge in [0.1, 0.15) is 16.7 Å². The summed E-state index contributed by atoms with van der Waals surface area (Å²) in [5.41, 5.74) is 2.03. The maximum Gasteiger partial charge on any atom is 0.216 e. The van der Waals surface area contributed by atoms with Gasteiger partial charge in [0, 0.05) is 11.8 Å². The molecule has 4 rings (SSSR count). The van der Waals surface area contributed by atoms with E-state index in [2.05, 4.69) is 5.10 Å². The number of para-hydroxylation sites is 1. The van der Waals surface area contributed by atoms with Gasteiger partial charge >= 0.3 is 0 Å². The highest BCUT2D eigenvalue weighted by atomic mass is 32.2. The lowest BCUT2D eigenvalue weighted by atomic mass is 10.2. The van der Waals surface area contributed by atoms with Gasteiger partial charge in [0.15, 0.2) is 0 Å². The topological polar surface area (TPSA) is 75.8 Å². The zero-order valence-corrected chi connectivity index (χ0v) is 16.8. The van der Waals surface area contributed by atoms with E-state index < -0.39 is 9.84 Å². The summed E-state index contributed by atoms with van der Waals surface area (Å²) in [5, 5.41) is 16.2. The smallest absolute Gasteiger partial charge is 0.216 e. The molecule has 0 N–H and O–H groups in total. The van der Waals surface area contributed by atoms with Crippen LogP contribution in [0.3, 0.4) is 0 Å². The Balaban J connectivity index is 1.87. The van der Waals surface area contributed by atoms with Crippen LogP contribution in [0, 0.1) is 11.3 Å². The second-order valence-electron chi connectivity index (χ2n) is 6.13. The molecule has 0 unspecified atom stereocenters. The Hall–Kier alpha value is -3.47. The summed E-state index contributed by atoms with van der Waals surface area (Å²) in [4.78, 5) is 0.648. The van der Waals surface area contributed by atoms with Crippen molar-refractivity contribution in [3.05, 3.63) is 94.8 Å². The van der Waals surface area contributed by atoms with Gasteiger partial charge in [-0.2, -0.15) is 10.4 Å². The molecule has 2 aromatic carbocycles. The predicted octanol–water partition coefficient (Wildman–Crippen LogP) is 4.94. The average molecular weight is 418 g/mol. The molecular formula is C22H15N3O2S2. The molecule has 0 amide bonds. The summed E-state index contributed by atoms with van der Waals surface area (Å²) in [6.07, 6.45) is 3.13. The molecule has 0 atom stereocenters. The van der Waals surface area contributed by atoms with Crippen molar-refractivity contribution in [3.8, 4) is 22.3 Å². The molecule has 5 nitrogen and oxygen atoms in total. The standard InChI is InChI=1S/C22H15N3O2S2/c23-15-20(29(26,27)19-10-5-2-6-11-19)14-17-16-25(18-8-3-1-4-9-18)24-22(17)21-12-7-13-28-21/h1-14,16H. The van der Waals surface area contributed by atoms with Crippen molar-refractivity contribution in [2.45, 2.75) is 4.90 Å². The fourth-order valence-electron chi connectivity index (χ4n) is 2.85. The first-order valence-electron chi connectivity index (χ1n) is 8.70. The molecule has 4 aromatic rings. The number of aromatic nitrogens is 2. The van der Waals surface area contributed by atoms with E-state index >= 15 is 0 Å². The first-order chi connectivity index (χ1) is 14.1. The Morgan fingerprint density at radius 3 is 2.31 bits per heavy atom. The van der Waals surface area contributed by atoms with Crippen LogP contribution in [0.5, 0.6) is 0 Å². The summed E-state index contributed by atoms with van der Waals surface area (Å²) < 4.78 is 27.5. The highest BCUT2D eigenvalue weighted by molar-refractivity contribution is 7.95. The minimum atomic E-state index is -3.92. The molecule has 0 aliphatic carbocycles. The zero-order valence-electron chi connectivity index (χ0n) is 15.1. The first-order valence-corrected chi connectivity index (χ1v) is 11.1. The monoisotopic (exact) mass is 417 g/mol. The van der Waals surface area contributed by atoms with Gasteiger partial charge in [0.25, 0.3) is 0 Å². The van der Waals surface area contributed by atoms with Gasteiger partial charge in [0.05, 0.1) is 15.5 Å². The van der Waals surface area contributed by atoms with Gasteiger partial charge in [-0.1, -0.05) is 42.5 Å². The van der Waals surface area contributed by atoms with Gasteiger partial charge in [-0.3, -0.25) is 0 Å². The number of benzene rings is 2. The van der Waals surface area contributed by atoms with E-state index in [1.807, 2.05) is 53.9 Å². The van der Waals surface area contributed by atoms with Gasteiger partial charge in [-0.25, -0.2) is 13.1 Å². The number of sulfone groups is 1. The third-order valence-corrected chi connectivity index (χ3v) is 6.82. The summed E-state index contributed by atoms with van der Waals surface area (Å²) >= 11 is 1.50. The molecule has 0 aliphatic heterocycles. The van der Waals surface area contributed by atoms with Crippen LogP contribution in [0.15, 0.2) is 94.2 Å². The Bertz CT molecular complexity index is 1300. The predicted molar refractivity (Wildman–Crippen MR) is 114 cm³/mol. The second-order valence-corrected chi connectivity index (χ2v) is 8.99. The number of hydrogen-bond acceptors (Lipinski definition) is 5. The van der Waals surface area contributed by atoms with Crippen molar-refractivity contribution in [2.75, 3.05) is 0 Å². The lowest BCUT2D eigenvalue weighted by molar-refractivity contribution is 0.603. The molecular weight excluding hydrogens is 402 g/mol. The van der Waals surface area contributed by atoms with Crippen LogP contribution in [0.25, 0.3) is 22.3 Å². The van der Waals surface area contributed by atoms with Crippen molar-refractivity contribution in [3.63, 3.8) is 0 Å². The lowest BCUT2D eigenvalue weighted by Crippen LogP contribution is -2.03. The van der Waals surface area contributed by atoms with E-state index in [1.165, 1.54) is 29.5 Å². The quantitative estimate of drug-likeness (QED) is 0.431. The van der Waals surface area contributed by atoms with Crippen molar-refractivity contribution in [1.29, 1.82) is 5.26 Å². The van der Waals surface area contributed by atoms with E-state index in [0.717, 1.165) is 10.6 Å². The third kappa shape index (κ3) is 3.76. The molecule has 142 valence electrons. The molecule has 0 radical (unpaired) electrons. The fraction of sp³-hybridized carbons (Fsp3) is 0. The van der Waals surface area contributed by atoms with Crippen molar-refractivity contribution in [1.82, 2.24) is 9.78 Å². The molecule has 0 spiro atoms. The number of allylic oxidation sites excluding steroid dienone is 1. The van der Waals surface area contributed by atoms with Crippen LogP contribution in [0.2, 0.25) is 0 Å². The maximum absolute atomic E-state index is 12.9. The number of nitrogens with zero attached hydrogens (tertiary/aromatic N) is 3. The minimum Gasteiger partial charge on any atom is -0.240 e. The van der Waals surface area contributed by atoms with E-state index in [9.17, 15) is 13.7 Å². The molecule has 0 fully saturated rings. The number of hydrogen-bond donors (Lipinski definition) is 0. The Labute approximate surface area is 172 Å². The van der Waals surface area contributed by atoms with Crippen molar-refractivity contribution >= 4 is 27.3 Å². The average Bonchev–Trinajstić information content (AvgIpc) is 3.43. The normalized spacial score (nSPS) is 11.9. The minimum absolute atomic E-state index is 0.0842. The molecule has 2 heterocycles.